The first-order valence-electron chi connectivity index (χ1n) is 5.19. The Morgan fingerprint density at radius 2 is 1.56 bits per heavy atom. The Kier molecular flexibility index (Phi) is 4.28. The van der Waals surface area contributed by atoms with Gasteiger partial charge in [0.25, 0.3) is 0 Å². The van der Waals surface area contributed by atoms with E-state index >= 15 is 0 Å². The van der Waals surface area contributed by atoms with Crippen molar-refractivity contribution in [3.8, 4) is 0 Å². The number of rotatable bonds is 0. The molecule has 0 atom stereocenters. The van der Waals surface area contributed by atoms with Crippen LogP contribution in [0, 0.1) is 0 Å². The fourth-order valence-corrected chi connectivity index (χ4v) is 1.65. The van der Waals surface area contributed by atoms with E-state index in [0.717, 1.165) is 0 Å². The van der Waals surface area contributed by atoms with Gasteiger partial charge in [0.2, 0.25) is 5.91 Å². The molecular formula is C10H16N2O4. The second-order valence-corrected chi connectivity index (χ2v) is 3.64. The highest BCUT2D eigenvalue weighted by atomic mass is 16.5. The van der Waals surface area contributed by atoms with E-state index < -0.39 is 11.9 Å². The summed E-state index contributed by atoms with van der Waals surface area (Å²) >= 11 is 0. The summed E-state index contributed by atoms with van der Waals surface area (Å²) in [5.41, 5.74) is 0. The maximum atomic E-state index is 11.5. The number of carbonyl (C=O) groups excluding carboxylic acids is 3. The van der Waals surface area contributed by atoms with Gasteiger partial charge >= 0.3 is 11.9 Å². The van der Waals surface area contributed by atoms with Crippen LogP contribution in [0.1, 0.15) is 13.3 Å². The second kappa shape index (κ2) is 5.48. The minimum atomic E-state index is -0.851. The van der Waals surface area contributed by atoms with Gasteiger partial charge in [-0.2, -0.15) is 0 Å². The summed E-state index contributed by atoms with van der Waals surface area (Å²) in [7, 11) is 1.18. The molecule has 1 aliphatic rings. The van der Waals surface area contributed by atoms with E-state index in [2.05, 4.69) is 4.74 Å². The van der Waals surface area contributed by atoms with Crippen molar-refractivity contribution in [1.82, 2.24) is 9.80 Å². The maximum absolute atomic E-state index is 11.5. The molecule has 0 radical (unpaired) electrons. The van der Waals surface area contributed by atoms with Crippen molar-refractivity contribution in [2.45, 2.75) is 13.3 Å². The van der Waals surface area contributed by atoms with E-state index in [4.69, 9.17) is 0 Å². The highest BCUT2D eigenvalue weighted by Gasteiger charge is 2.25. The molecule has 6 nitrogen and oxygen atoms in total. The molecule has 0 spiro atoms. The molecule has 1 aliphatic heterocycles. The molecule has 1 heterocycles. The van der Waals surface area contributed by atoms with Crippen LogP contribution in [-0.4, -0.2) is 60.9 Å². The lowest BCUT2D eigenvalue weighted by Crippen LogP contribution is -2.40. The number of hydrogen-bond donors (Lipinski definition) is 0. The third-order valence-corrected chi connectivity index (χ3v) is 2.59. The van der Waals surface area contributed by atoms with Crippen molar-refractivity contribution in [2.75, 3.05) is 33.3 Å². The van der Waals surface area contributed by atoms with Gasteiger partial charge in [-0.25, -0.2) is 4.79 Å². The monoisotopic (exact) mass is 228 g/mol. The van der Waals surface area contributed by atoms with Crippen molar-refractivity contribution in [1.29, 1.82) is 0 Å². The largest absolute Gasteiger partial charge is 0.462 e. The third kappa shape index (κ3) is 2.95. The number of amides is 2. The van der Waals surface area contributed by atoms with Crippen LogP contribution in [0.25, 0.3) is 0 Å². The smallest absolute Gasteiger partial charge is 0.396 e. The quantitative estimate of drug-likeness (QED) is 0.404. The highest BCUT2D eigenvalue weighted by molar-refractivity contribution is 6.32. The Morgan fingerprint density at radius 3 is 2.12 bits per heavy atom. The fraction of sp³-hybridized carbons (Fsp3) is 0.700. The molecule has 0 aliphatic carbocycles. The van der Waals surface area contributed by atoms with Gasteiger partial charge < -0.3 is 14.5 Å². The molecule has 2 amide bonds. The van der Waals surface area contributed by atoms with E-state index in [1.165, 1.54) is 18.9 Å². The first-order valence-corrected chi connectivity index (χ1v) is 5.19. The molecule has 1 rings (SSSR count). The highest BCUT2D eigenvalue weighted by Crippen LogP contribution is 2.04. The Balaban J connectivity index is 2.56. The molecule has 0 unspecified atom stereocenters. The third-order valence-electron chi connectivity index (χ3n) is 2.59. The summed E-state index contributed by atoms with van der Waals surface area (Å²) in [6, 6.07) is 0. The Hall–Kier alpha value is -1.59. The lowest BCUT2D eigenvalue weighted by atomic mass is 10.3. The molecule has 0 aromatic carbocycles. The summed E-state index contributed by atoms with van der Waals surface area (Å²) in [5, 5.41) is 0. The summed E-state index contributed by atoms with van der Waals surface area (Å²) in [5.74, 6) is -1.49. The molecule has 1 fully saturated rings. The number of ether oxygens (including phenoxy) is 1. The molecule has 1 saturated heterocycles. The van der Waals surface area contributed by atoms with Gasteiger partial charge in [-0.3, -0.25) is 9.59 Å². The van der Waals surface area contributed by atoms with Gasteiger partial charge in [0.1, 0.15) is 0 Å². The van der Waals surface area contributed by atoms with Crippen molar-refractivity contribution < 1.29 is 19.1 Å². The van der Waals surface area contributed by atoms with Crippen LogP contribution in [0.3, 0.4) is 0 Å². The second-order valence-electron chi connectivity index (χ2n) is 3.64. The number of hydrogen-bond acceptors (Lipinski definition) is 4. The van der Waals surface area contributed by atoms with Crippen LogP contribution < -0.4 is 0 Å². The number of nitrogens with zero attached hydrogens (tertiary/aromatic N) is 2. The molecule has 0 saturated carbocycles. The SMILES string of the molecule is COC(=O)C(=O)N1CCCN(C(C)=O)CC1. The number of methoxy groups -OCH3 is 1. The average molecular weight is 228 g/mol. The van der Waals surface area contributed by atoms with Gasteiger partial charge in [0.05, 0.1) is 7.11 Å². The molecule has 0 bridgehead atoms. The van der Waals surface area contributed by atoms with E-state index in [1.807, 2.05) is 0 Å². The molecule has 0 N–H and O–H groups in total. The van der Waals surface area contributed by atoms with Crippen LogP contribution >= 0.6 is 0 Å². The fourth-order valence-electron chi connectivity index (χ4n) is 1.65. The Bertz CT molecular complexity index is 303. The van der Waals surface area contributed by atoms with E-state index in [-0.39, 0.29) is 5.91 Å². The predicted molar refractivity (Wildman–Crippen MR) is 55.5 cm³/mol. The van der Waals surface area contributed by atoms with Crippen molar-refractivity contribution in [3.63, 3.8) is 0 Å². The molecule has 16 heavy (non-hydrogen) atoms. The molecule has 0 aromatic heterocycles. The van der Waals surface area contributed by atoms with Crippen LogP contribution in [-0.2, 0) is 19.1 Å². The minimum Gasteiger partial charge on any atom is -0.462 e. The van der Waals surface area contributed by atoms with Crippen LogP contribution in [0.2, 0.25) is 0 Å². The summed E-state index contributed by atoms with van der Waals surface area (Å²) in [6.45, 7) is 3.46. The van der Waals surface area contributed by atoms with Crippen LogP contribution in [0.4, 0.5) is 0 Å². The van der Waals surface area contributed by atoms with E-state index in [9.17, 15) is 14.4 Å². The van der Waals surface area contributed by atoms with Gasteiger partial charge in [-0.05, 0) is 6.42 Å². The summed E-state index contributed by atoms with van der Waals surface area (Å²) < 4.78 is 4.37. The lowest BCUT2D eigenvalue weighted by molar-refractivity contribution is -0.158. The Labute approximate surface area is 94.1 Å². The van der Waals surface area contributed by atoms with Crippen LogP contribution in [0.5, 0.6) is 0 Å². The van der Waals surface area contributed by atoms with Gasteiger partial charge in [-0.15, -0.1) is 0 Å². The first kappa shape index (κ1) is 12.5. The van der Waals surface area contributed by atoms with E-state index in [1.54, 1.807) is 4.90 Å². The summed E-state index contributed by atoms with van der Waals surface area (Å²) in [4.78, 5) is 36.8. The summed E-state index contributed by atoms with van der Waals surface area (Å²) in [6.07, 6.45) is 0.683. The van der Waals surface area contributed by atoms with Crippen molar-refractivity contribution >= 4 is 17.8 Å². The molecule has 6 heteroatoms. The van der Waals surface area contributed by atoms with E-state index in [0.29, 0.717) is 32.6 Å². The Morgan fingerprint density at radius 1 is 1.00 bits per heavy atom. The molecule has 90 valence electrons. The van der Waals surface area contributed by atoms with Crippen LogP contribution in [0.15, 0.2) is 0 Å². The zero-order valence-corrected chi connectivity index (χ0v) is 9.56. The predicted octanol–water partition coefficient (Wildman–Crippen LogP) is -0.760. The molecule has 0 aromatic rings. The minimum absolute atomic E-state index is 0.00707. The first-order chi connectivity index (χ1) is 7.56. The van der Waals surface area contributed by atoms with Crippen molar-refractivity contribution in [2.24, 2.45) is 0 Å². The van der Waals surface area contributed by atoms with Gasteiger partial charge in [0, 0.05) is 33.1 Å². The average Bonchev–Trinajstić information content (AvgIpc) is 2.52. The zero-order valence-electron chi connectivity index (χ0n) is 9.56. The van der Waals surface area contributed by atoms with Gasteiger partial charge in [-0.1, -0.05) is 0 Å². The zero-order chi connectivity index (χ0) is 12.1. The maximum Gasteiger partial charge on any atom is 0.396 e. The molecular weight excluding hydrogens is 212 g/mol. The van der Waals surface area contributed by atoms with Crippen molar-refractivity contribution in [3.05, 3.63) is 0 Å². The van der Waals surface area contributed by atoms with Gasteiger partial charge in [0.15, 0.2) is 0 Å². The standard InChI is InChI=1S/C10H16N2O4/c1-8(13)11-4-3-5-12(7-6-11)9(14)10(15)16-2/h3-7H2,1-2H3. The normalized spacial score (nSPS) is 16.6. The topological polar surface area (TPSA) is 66.9 Å². The number of esters is 1. The number of carbonyl (C=O) groups is 3. The lowest BCUT2D eigenvalue weighted by Gasteiger charge is -2.20.